The third kappa shape index (κ3) is 4.05. The fourth-order valence-corrected chi connectivity index (χ4v) is 2.84. The summed E-state index contributed by atoms with van der Waals surface area (Å²) in [5.74, 6) is 0. The van der Waals surface area contributed by atoms with Crippen molar-refractivity contribution in [2.24, 2.45) is 0 Å². The maximum atomic E-state index is 10.7. The van der Waals surface area contributed by atoms with Crippen molar-refractivity contribution in [3.05, 3.63) is 10.1 Å². The summed E-state index contributed by atoms with van der Waals surface area (Å²) in [6.45, 7) is 6.17. The predicted molar refractivity (Wildman–Crippen MR) is 74.7 cm³/mol. The molecule has 3 N–H and O–H groups in total. The predicted octanol–water partition coefficient (Wildman–Crippen LogP) is -0.769. The van der Waals surface area contributed by atoms with Gasteiger partial charge >= 0.3 is 0 Å². The van der Waals surface area contributed by atoms with Crippen LogP contribution in [-0.4, -0.2) is 70.6 Å². The molecule has 0 spiro atoms. The van der Waals surface area contributed by atoms with Crippen molar-refractivity contribution < 1.29 is 29.6 Å². The van der Waals surface area contributed by atoms with Crippen LogP contribution < -0.4 is 5.32 Å². The number of aliphatic hydroxyl groups is 2. The van der Waals surface area contributed by atoms with Crippen molar-refractivity contribution in [2.45, 2.75) is 62.7 Å². The maximum absolute atomic E-state index is 10.7. The Morgan fingerprint density at radius 3 is 2.77 bits per heavy atom. The molecule has 22 heavy (non-hydrogen) atoms. The first-order valence-corrected chi connectivity index (χ1v) is 7.30. The van der Waals surface area contributed by atoms with Crippen LogP contribution in [0.2, 0.25) is 0 Å². The third-order valence-electron chi connectivity index (χ3n) is 3.84. The second-order valence-corrected chi connectivity index (χ2v) is 6.99. The maximum Gasteiger partial charge on any atom is 0.294 e. The van der Waals surface area contributed by atoms with E-state index in [9.17, 15) is 20.3 Å². The zero-order chi connectivity index (χ0) is 16.5. The van der Waals surface area contributed by atoms with Gasteiger partial charge in [0.15, 0.2) is 6.10 Å². The van der Waals surface area contributed by atoms with E-state index in [4.69, 9.17) is 9.47 Å². The van der Waals surface area contributed by atoms with Gasteiger partial charge in [-0.05, 0) is 20.8 Å². The second kappa shape index (κ2) is 6.25. The first-order chi connectivity index (χ1) is 10.1. The molecule has 2 aliphatic rings. The number of nitrogens with zero attached hydrogens (tertiary/aromatic N) is 1. The Kier molecular flexibility index (Phi) is 4.93. The van der Waals surface area contributed by atoms with Crippen LogP contribution in [0.1, 0.15) is 27.2 Å². The molecule has 0 saturated carbocycles. The largest absolute Gasteiger partial charge is 0.392 e. The van der Waals surface area contributed by atoms with E-state index < -0.39 is 35.1 Å². The van der Waals surface area contributed by atoms with Gasteiger partial charge in [0, 0.05) is 18.5 Å². The van der Waals surface area contributed by atoms with Gasteiger partial charge in [0.25, 0.3) is 5.09 Å². The summed E-state index contributed by atoms with van der Waals surface area (Å²) in [5, 5.41) is 33.4. The van der Waals surface area contributed by atoms with Crippen molar-refractivity contribution in [3.63, 3.8) is 0 Å². The molecule has 9 nitrogen and oxygen atoms in total. The summed E-state index contributed by atoms with van der Waals surface area (Å²) in [6.07, 6.45) is -3.01. The highest BCUT2D eigenvalue weighted by atomic mass is 17.0. The lowest BCUT2D eigenvalue weighted by Crippen LogP contribution is -2.49. The minimum atomic E-state index is -1.38. The van der Waals surface area contributed by atoms with E-state index in [1.807, 2.05) is 20.8 Å². The van der Waals surface area contributed by atoms with Gasteiger partial charge in [-0.3, -0.25) is 0 Å². The molecule has 1 unspecified atom stereocenters. The van der Waals surface area contributed by atoms with Gasteiger partial charge in [-0.2, -0.15) is 0 Å². The van der Waals surface area contributed by atoms with E-state index in [-0.39, 0.29) is 25.2 Å². The van der Waals surface area contributed by atoms with E-state index >= 15 is 0 Å². The molecule has 2 aliphatic heterocycles. The molecule has 0 aromatic rings. The van der Waals surface area contributed by atoms with Crippen LogP contribution in [0.3, 0.4) is 0 Å². The highest BCUT2D eigenvalue weighted by Gasteiger charge is 2.57. The second-order valence-electron chi connectivity index (χ2n) is 6.99. The molecule has 0 aromatic carbocycles. The quantitative estimate of drug-likeness (QED) is 0.431. The zero-order valence-corrected chi connectivity index (χ0v) is 13.0. The summed E-state index contributed by atoms with van der Waals surface area (Å²) in [5.41, 5.74) is -1.52. The number of hydrogen-bond acceptors (Lipinski definition) is 8. The van der Waals surface area contributed by atoms with Crippen LogP contribution in [0.5, 0.6) is 0 Å². The number of fused-ring (bicyclic) bond motifs is 1. The fourth-order valence-electron chi connectivity index (χ4n) is 2.84. The van der Waals surface area contributed by atoms with E-state index in [1.54, 1.807) is 0 Å². The van der Waals surface area contributed by atoms with Crippen LogP contribution in [0, 0.1) is 10.1 Å². The van der Waals surface area contributed by atoms with Crippen LogP contribution in [0.15, 0.2) is 0 Å². The van der Waals surface area contributed by atoms with Crippen LogP contribution >= 0.6 is 0 Å². The van der Waals surface area contributed by atoms with Gasteiger partial charge in [0.05, 0.1) is 19.3 Å². The van der Waals surface area contributed by atoms with Gasteiger partial charge in [0.1, 0.15) is 17.8 Å². The topological polar surface area (TPSA) is 123 Å². The summed E-state index contributed by atoms with van der Waals surface area (Å²) in [6, 6.07) is 0. The Morgan fingerprint density at radius 2 is 2.18 bits per heavy atom. The van der Waals surface area contributed by atoms with Gasteiger partial charge < -0.3 is 29.8 Å². The first-order valence-electron chi connectivity index (χ1n) is 7.30. The van der Waals surface area contributed by atoms with Gasteiger partial charge in [-0.25, -0.2) is 0 Å². The van der Waals surface area contributed by atoms with Crippen LogP contribution in [0.25, 0.3) is 0 Å². The molecule has 2 heterocycles. The monoisotopic (exact) mass is 320 g/mol. The van der Waals surface area contributed by atoms with Crippen LogP contribution in [0.4, 0.5) is 0 Å². The van der Waals surface area contributed by atoms with Gasteiger partial charge in [-0.15, -0.1) is 10.1 Å². The summed E-state index contributed by atoms with van der Waals surface area (Å²) in [4.78, 5) is 14.9. The van der Waals surface area contributed by atoms with Crippen molar-refractivity contribution in [3.8, 4) is 0 Å². The van der Waals surface area contributed by atoms with E-state index in [0.717, 1.165) is 0 Å². The smallest absolute Gasteiger partial charge is 0.294 e. The third-order valence-corrected chi connectivity index (χ3v) is 3.84. The van der Waals surface area contributed by atoms with Crippen molar-refractivity contribution >= 4 is 0 Å². The lowest BCUT2D eigenvalue weighted by Gasteiger charge is -2.30. The number of β-amino-alcohol motifs (C(OH)–C–C–N with tert-alkyl or cyclic N) is 1. The standard InChI is InChI=1S/C13H24N2O7/c1-12(2,3)14-5-8(16)4-13(17)7-21-10-9(22-15(18)19)6-20-11(10)13/h8-11,14,16-17H,4-7H2,1-3H3/t8?,9-,10-,11+,13+/m1/s1. The minimum Gasteiger partial charge on any atom is -0.392 e. The number of hydrogen-bond donors (Lipinski definition) is 3. The molecule has 0 aliphatic carbocycles. The molecular weight excluding hydrogens is 296 g/mol. The first kappa shape index (κ1) is 17.4. The van der Waals surface area contributed by atoms with Crippen molar-refractivity contribution in [2.75, 3.05) is 19.8 Å². The SMILES string of the molecule is CC(C)(C)NCC(O)C[C@]1(O)CO[C@@H]2[C@H](O[N+](=O)[O-])CO[C@@H]21. The van der Waals surface area contributed by atoms with E-state index in [0.29, 0.717) is 6.54 Å². The molecule has 2 rings (SSSR count). The Labute approximate surface area is 128 Å². The fraction of sp³-hybridized carbons (Fsp3) is 1.00. The molecule has 9 heteroatoms. The molecule has 2 fully saturated rings. The van der Waals surface area contributed by atoms with Gasteiger partial charge in [-0.1, -0.05) is 0 Å². The molecule has 0 amide bonds. The summed E-state index contributed by atoms with van der Waals surface area (Å²) in [7, 11) is 0. The Morgan fingerprint density at radius 1 is 1.50 bits per heavy atom. The Balaban J connectivity index is 1.91. The Hall–Kier alpha value is -1.00. The number of aliphatic hydroxyl groups excluding tert-OH is 1. The lowest BCUT2D eigenvalue weighted by atomic mass is 9.89. The van der Waals surface area contributed by atoms with E-state index in [2.05, 4.69) is 10.2 Å². The van der Waals surface area contributed by atoms with Gasteiger partial charge in [0.2, 0.25) is 0 Å². The highest BCUT2D eigenvalue weighted by Crippen LogP contribution is 2.38. The average Bonchev–Trinajstić information content (AvgIpc) is 2.89. The van der Waals surface area contributed by atoms with Crippen molar-refractivity contribution in [1.29, 1.82) is 0 Å². The normalized spacial score (nSPS) is 36.1. The molecule has 0 bridgehead atoms. The summed E-state index contributed by atoms with van der Waals surface area (Å²) >= 11 is 0. The lowest BCUT2D eigenvalue weighted by molar-refractivity contribution is -0.769. The highest BCUT2D eigenvalue weighted by molar-refractivity contribution is 5.05. The van der Waals surface area contributed by atoms with Crippen molar-refractivity contribution in [1.82, 2.24) is 5.32 Å². The average molecular weight is 320 g/mol. The zero-order valence-electron chi connectivity index (χ0n) is 13.0. The molecule has 5 atom stereocenters. The summed E-state index contributed by atoms with van der Waals surface area (Å²) < 4.78 is 10.8. The molecule has 2 saturated heterocycles. The number of ether oxygens (including phenoxy) is 2. The van der Waals surface area contributed by atoms with E-state index in [1.165, 1.54) is 0 Å². The van der Waals surface area contributed by atoms with Crippen LogP contribution in [-0.2, 0) is 14.3 Å². The number of nitrogens with one attached hydrogen (secondary N) is 1. The molecule has 0 aromatic heterocycles. The molecule has 128 valence electrons. The Bertz CT molecular complexity index is 414. The molecule has 0 radical (unpaired) electrons. The molecular formula is C13H24N2O7. The number of rotatable bonds is 6. The minimum absolute atomic E-state index is 0.0189.